The van der Waals surface area contributed by atoms with Crippen molar-refractivity contribution in [3.05, 3.63) is 53.6 Å². The summed E-state index contributed by atoms with van der Waals surface area (Å²) >= 11 is 0. The maximum Gasteiger partial charge on any atom is 0.418 e. The molecule has 0 aromatic heterocycles. The van der Waals surface area contributed by atoms with Crippen LogP contribution in [0.1, 0.15) is 41.6 Å². The number of nitrogens with zero attached hydrogens (tertiary/aromatic N) is 1. The first-order valence-electron chi connectivity index (χ1n) is 9.80. The quantitative estimate of drug-likeness (QED) is 0.717. The number of rotatable bonds is 5. The number of para-hydroxylation sites is 1. The number of carbonyl (C=O) groups excluding carboxylic acids is 1. The van der Waals surface area contributed by atoms with Crippen molar-refractivity contribution in [3.63, 3.8) is 0 Å². The summed E-state index contributed by atoms with van der Waals surface area (Å²) in [4.78, 5) is 14.4. The molecule has 1 amide bonds. The highest BCUT2D eigenvalue weighted by molar-refractivity contribution is 7.92. The maximum absolute atomic E-state index is 13.2. The number of methoxy groups -OCH3 is 1. The van der Waals surface area contributed by atoms with Gasteiger partial charge in [-0.25, -0.2) is 8.42 Å². The molecular weight excluding hydrogens is 433 g/mol. The van der Waals surface area contributed by atoms with Crippen molar-refractivity contribution >= 4 is 21.6 Å². The zero-order chi connectivity index (χ0) is 22.6. The van der Waals surface area contributed by atoms with Crippen molar-refractivity contribution in [1.82, 2.24) is 4.90 Å². The van der Waals surface area contributed by atoms with Gasteiger partial charge >= 0.3 is 6.18 Å². The van der Waals surface area contributed by atoms with Crippen LogP contribution in [0.3, 0.4) is 0 Å². The Labute approximate surface area is 179 Å². The Balaban J connectivity index is 1.96. The summed E-state index contributed by atoms with van der Waals surface area (Å²) < 4.78 is 72.6. The predicted octanol–water partition coefficient (Wildman–Crippen LogP) is 4.53. The Kier molecular flexibility index (Phi) is 6.78. The Hall–Kier alpha value is -2.75. The normalized spacial score (nSPS) is 15.3. The summed E-state index contributed by atoms with van der Waals surface area (Å²) in [5.74, 6) is -0.171. The van der Waals surface area contributed by atoms with Crippen molar-refractivity contribution in [2.75, 3.05) is 24.9 Å². The molecule has 1 saturated heterocycles. The number of halogens is 3. The molecule has 10 heteroatoms. The van der Waals surface area contributed by atoms with Gasteiger partial charge in [-0.1, -0.05) is 25.0 Å². The molecular formula is C21H23F3N2O4S. The molecule has 2 aromatic carbocycles. The van der Waals surface area contributed by atoms with Crippen molar-refractivity contribution in [2.24, 2.45) is 0 Å². The van der Waals surface area contributed by atoms with Gasteiger partial charge in [0.25, 0.3) is 15.9 Å². The molecule has 1 N–H and O–H groups in total. The fourth-order valence-corrected chi connectivity index (χ4v) is 4.59. The Morgan fingerprint density at radius 3 is 2.29 bits per heavy atom. The summed E-state index contributed by atoms with van der Waals surface area (Å²) in [6, 6.07) is 7.96. The Morgan fingerprint density at radius 2 is 1.68 bits per heavy atom. The first-order valence-corrected chi connectivity index (χ1v) is 11.3. The molecule has 0 radical (unpaired) electrons. The molecule has 1 aliphatic rings. The van der Waals surface area contributed by atoms with Crippen molar-refractivity contribution < 1.29 is 31.1 Å². The standard InChI is InChI=1S/C21H23F3N2O4S/c1-30-19-11-10-15(14-16(19)20(27)26-12-6-2-3-7-13-26)31(28,29)25-18-9-5-4-8-17(18)21(22,23)24/h4-5,8-11,14,25H,2-3,6-7,12-13H2,1H3. The molecule has 0 unspecified atom stereocenters. The molecule has 168 valence electrons. The van der Waals surface area contributed by atoms with Gasteiger partial charge in [-0.05, 0) is 43.2 Å². The second-order valence-corrected chi connectivity index (χ2v) is 8.90. The van der Waals surface area contributed by atoms with Crippen LogP contribution in [-0.2, 0) is 16.2 Å². The van der Waals surface area contributed by atoms with Gasteiger partial charge in [0.1, 0.15) is 5.75 Å². The number of likely N-dealkylation sites (tertiary alicyclic amines) is 1. The van der Waals surface area contributed by atoms with Crippen LogP contribution in [0.15, 0.2) is 47.4 Å². The second kappa shape index (κ2) is 9.17. The van der Waals surface area contributed by atoms with Crippen molar-refractivity contribution in [3.8, 4) is 5.75 Å². The highest BCUT2D eigenvalue weighted by Crippen LogP contribution is 2.36. The van der Waals surface area contributed by atoms with Crippen LogP contribution >= 0.6 is 0 Å². The van der Waals surface area contributed by atoms with E-state index in [9.17, 15) is 26.4 Å². The number of alkyl halides is 3. The van der Waals surface area contributed by atoms with E-state index >= 15 is 0 Å². The summed E-state index contributed by atoms with van der Waals surface area (Å²) in [5, 5.41) is 0. The molecule has 31 heavy (non-hydrogen) atoms. The van der Waals surface area contributed by atoms with Crippen LogP contribution in [0, 0.1) is 0 Å². The monoisotopic (exact) mass is 456 g/mol. The number of anilines is 1. The van der Waals surface area contributed by atoms with E-state index in [0.29, 0.717) is 13.1 Å². The van der Waals surface area contributed by atoms with Crippen LogP contribution in [0.5, 0.6) is 5.75 Å². The van der Waals surface area contributed by atoms with E-state index in [4.69, 9.17) is 4.74 Å². The molecule has 2 aromatic rings. The maximum atomic E-state index is 13.2. The van der Waals surface area contributed by atoms with E-state index in [2.05, 4.69) is 0 Å². The Bertz CT molecular complexity index is 1050. The minimum atomic E-state index is -4.73. The number of benzene rings is 2. The molecule has 0 atom stereocenters. The second-order valence-electron chi connectivity index (χ2n) is 7.22. The molecule has 1 fully saturated rings. The zero-order valence-electron chi connectivity index (χ0n) is 16.9. The van der Waals surface area contributed by atoms with Gasteiger partial charge in [-0.15, -0.1) is 0 Å². The van der Waals surface area contributed by atoms with Gasteiger partial charge in [0.2, 0.25) is 0 Å². The minimum Gasteiger partial charge on any atom is -0.496 e. The summed E-state index contributed by atoms with van der Waals surface area (Å²) in [5.41, 5.74) is -1.64. The van der Waals surface area contributed by atoms with E-state index in [1.54, 1.807) is 4.90 Å². The number of sulfonamides is 1. The lowest BCUT2D eigenvalue weighted by atomic mass is 10.1. The largest absolute Gasteiger partial charge is 0.496 e. The lowest BCUT2D eigenvalue weighted by molar-refractivity contribution is -0.136. The highest BCUT2D eigenvalue weighted by Gasteiger charge is 2.34. The van der Waals surface area contributed by atoms with E-state index in [-0.39, 0.29) is 22.1 Å². The van der Waals surface area contributed by atoms with E-state index in [0.717, 1.165) is 43.9 Å². The highest BCUT2D eigenvalue weighted by atomic mass is 32.2. The number of ether oxygens (including phenoxy) is 1. The summed E-state index contributed by atoms with van der Waals surface area (Å²) in [7, 11) is -3.03. The fraction of sp³-hybridized carbons (Fsp3) is 0.381. The first-order chi connectivity index (χ1) is 14.6. The molecule has 6 nitrogen and oxygen atoms in total. The molecule has 1 aliphatic heterocycles. The third kappa shape index (κ3) is 5.30. The number of nitrogens with one attached hydrogen (secondary N) is 1. The number of hydrogen-bond acceptors (Lipinski definition) is 4. The van der Waals surface area contributed by atoms with Crippen molar-refractivity contribution in [2.45, 2.75) is 36.8 Å². The van der Waals surface area contributed by atoms with Gasteiger partial charge in [-0.2, -0.15) is 13.2 Å². The summed E-state index contributed by atoms with van der Waals surface area (Å²) in [6.45, 7) is 1.10. The molecule has 0 aliphatic carbocycles. The lowest BCUT2D eigenvalue weighted by Crippen LogP contribution is -2.32. The molecule has 0 spiro atoms. The van der Waals surface area contributed by atoms with Crippen LogP contribution in [0.2, 0.25) is 0 Å². The van der Waals surface area contributed by atoms with Crippen LogP contribution in [-0.4, -0.2) is 39.4 Å². The average molecular weight is 456 g/mol. The molecule has 0 bridgehead atoms. The van der Waals surface area contributed by atoms with E-state index in [1.807, 2.05) is 4.72 Å². The number of amides is 1. The lowest BCUT2D eigenvalue weighted by Gasteiger charge is -2.22. The van der Waals surface area contributed by atoms with Crippen LogP contribution < -0.4 is 9.46 Å². The summed E-state index contributed by atoms with van der Waals surface area (Å²) in [6.07, 6.45) is -1.01. The van der Waals surface area contributed by atoms with Gasteiger partial charge in [0, 0.05) is 13.1 Å². The number of hydrogen-bond donors (Lipinski definition) is 1. The average Bonchev–Trinajstić information content (AvgIpc) is 3.01. The first kappa shape index (κ1) is 22.9. The third-order valence-corrected chi connectivity index (χ3v) is 6.44. The van der Waals surface area contributed by atoms with Crippen LogP contribution in [0.25, 0.3) is 0 Å². The van der Waals surface area contributed by atoms with Gasteiger partial charge in [-0.3, -0.25) is 9.52 Å². The zero-order valence-corrected chi connectivity index (χ0v) is 17.7. The number of carbonyl (C=O) groups is 1. The molecule has 3 rings (SSSR count). The smallest absolute Gasteiger partial charge is 0.418 e. The van der Waals surface area contributed by atoms with E-state index < -0.39 is 27.5 Å². The van der Waals surface area contributed by atoms with Gasteiger partial charge in [0.05, 0.1) is 28.8 Å². The third-order valence-electron chi connectivity index (χ3n) is 5.08. The molecule has 1 heterocycles. The van der Waals surface area contributed by atoms with Gasteiger partial charge < -0.3 is 9.64 Å². The Morgan fingerprint density at radius 1 is 1.03 bits per heavy atom. The fourth-order valence-electron chi connectivity index (χ4n) is 3.49. The molecule has 0 saturated carbocycles. The SMILES string of the molecule is COc1ccc(S(=O)(=O)Nc2ccccc2C(F)(F)F)cc1C(=O)N1CCCCCC1. The minimum absolute atomic E-state index is 0.0522. The van der Waals surface area contributed by atoms with Crippen LogP contribution in [0.4, 0.5) is 18.9 Å². The predicted molar refractivity (Wildman–Crippen MR) is 110 cm³/mol. The van der Waals surface area contributed by atoms with Gasteiger partial charge in [0.15, 0.2) is 0 Å². The van der Waals surface area contributed by atoms with E-state index in [1.165, 1.54) is 31.4 Å². The topological polar surface area (TPSA) is 75.7 Å². The van der Waals surface area contributed by atoms with Crippen molar-refractivity contribution in [1.29, 1.82) is 0 Å².